The Bertz CT molecular complexity index is 870. The van der Waals surface area contributed by atoms with Gasteiger partial charge in [0.1, 0.15) is 19.3 Å². The van der Waals surface area contributed by atoms with Crippen molar-refractivity contribution >= 4 is 45.4 Å². The fourth-order valence-corrected chi connectivity index (χ4v) is 3.64. The standard InChI is InChI=1S/C26H45N4O6PS/c1-25(2,12-14-36-26(3,4)18-38)30-23(33)17-35-16-22(32)29-21(7-5-6-13-27-37)24(34)28-20-10-8-19(15-31)9-11-20/h8-11,21,27,31,38H,5-7,12-18,37H2,1-4H3,(H,28,34)(H,29,32)(H,30,33). The Kier molecular flexibility index (Phi) is 16.0. The zero-order chi connectivity index (χ0) is 28.6. The smallest absolute Gasteiger partial charge is 0.246 e. The van der Waals surface area contributed by atoms with Crippen molar-refractivity contribution in [2.24, 2.45) is 0 Å². The molecule has 0 aliphatic rings. The number of benzene rings is 1. The van der Waals surface area contributed by atoms with Gasteiger partial charge in [0.15, 0.2) is 0 Å². The summed E-state index contributed by atoms with van der Waals surface area (Å²) in [5, 5.41) is 20.6. The first-order valence-electron chi connectivity index (χ1n) is 12.8. The van der Waals surface area contributed by atoms with Crippen molar-refractivity contribution in [1.82, 2.24) is 15.7 Å². The van der Waals surface area contributed by atoms with Gasteiger partial charge in [0.2, 0.25) is 17.7 Å². The number of rotatable bonds is 19. The van der Waals surface area contributed by atoms with E-state index in [4.69, 9.17) is 9.47 Å². The lowest BCUT2D eigenvalue weighted by atomic mass is 10.0. The van der Waals surface area contributed by atoms with Gasteiger partial charge < -0.3 is 35.6 Å². The molecule has 1 aromatic rings. The Morgan fingerprint density at radius 3 is 2.32 bits per heavy atom. The molecule has 3 amide bonds. The molecule has 1 aromatic carbocycles. The molecule has 10 nitrogen and oxygen atoms in total. The molecule has 0 aliphatic heterocycles. The minimum Gasteiger partial charge on any atom is -0.392 e. The number of ether oxygens (including phenoxy) is 2. The lowest BCUT2D eigenvalue weighted by molar-refractivity contribution is -0.134. The van der Waals surface area contributed by atoms with E-state index >= 15 is 0 Å². The van der Waals surface area contributed by atoms with Crippen molar-refractivity contribution in [2.75, 3.05) is 37.4 Å². The molecule has 0 heterocycles. The van der Waals surface area contributed by atoms with E-state index in [1.807, 2.05) is 27.7 Å². The molecule has 0 saturated heterocycles. The van der Waals surface area contributed by atoms with Crippen LogP contribution in [-0.2, 0) is 30.5 Å². The van der Waals surface area contributed by atoms with Crippen molar-refractivity contribution in [3.8, 4) is 0 Å². The largest absolute Gasteiger partial charge is 0.392 e. The van der Waals surface area contributed by atoms with E-state index in [-0.39, 0.29) is 37.2 Å². The summed E-state index contributed by atoms with van der Waals surface area (Å²) in [5.74, 6) is -0.594. The fraction of sp³-hybridized carbons (Fsp3) is 0.654. The van der Waals surface area contributed by atoms with Crippen LogP contribution in [0.5, 0.6) is 0 Å². The van der Waals surface area contributed by atoms with E-state index in [1.165, 1.54) is 0 Å². The maximum atomic E-state index is 12.9. The third-order valence-electron chi connectivity index (χ3n) is 5.66. The molecule has 0 aromatic heterocycles. The highest BCUT2D eigenvalue weighted by Gasteiger charge is 2.24. The summed E-state index contributed by atoms with van der Waals surface area (Å²) in [4.78, 5) is 37.7. The van der Waals surface area contributed by atoms with E-state index in [0.717, 1.165) is 24.9 Å². The van der Waals surface area contributed by atoms with Crippen LogP contribution in [0.4, 0.5) is 5.69 Å². The average molecular weight is 573 g/mol. The first-order valence-corrected chi connectivity index (χ1v) is 14.0. The number of carbonyl (C=O) groups excluding carboxylic acids is 3. The van der Waals surface area contributed by atoms with Crippen molar-refractivity contribution in [3.05, 3.63) is 29.8 Å². The van der Waals surface area contributed by atoms with Gasteiger partial charge in [-0.05, 0) is 77.6 Å². The van der Waals surface area contributed by atoms with Gasteiger partial charge in [-0.2, -0.15) is 12.6 Å². The molecular formula is C26H45N4O6PS. The minimum absolute atomic E-state index is 0.0879. The Morgan fingerprint density at radius 1 is 1.05 bits per heavy atom. The first kappa shape index (κ1) is 34.3. The van der Waals surface area contributed by atoms with Crippen LogP contribution in [0.15, 0.2) is 24.3 Å². The number of anilines is 1. The first-order chi connectivity index (χ1) is 17.9. The molecule has 38 heavy (non-hydrogen) atoms. The summed E-state index contributed by atoms with van der Waals surface area (Å²) in [6, 6.07) is 6.05. The Hall–Kier alpha value is -1.75. The maximum Gasteiger partial charge on any atom is 0.246 e. The third-order valence-corrected chi connectivity index (χ3v) is 6.71. The van der Waals surface area contributed by atoms with Gasteiger partial charge in [-0.1, -0.05) is 21.5 Å². The van der Waals surface area contributed by atoms with Crippen LogP contribution in [0.25, 0.3) is 0 Å². The highest BCUT2D eigenvalue weighted by molar-refractivity contribution is 7.80. The van der Waals surface area contributed by atoms with E-state index in [0.29, 0.717) is 30.9 Å². The normalized spacial score (nSPS) is 12.6. The summed E-state index contributed by atoms with van der Waals surface area (Å²) in [6.45, 7) is 8.20. The number of hydrogen-bond donors (Lipinski definition) is 6. The number of thiol groups is 1. The molecule has 5 N–H and O–H groups in total. The van der Waals surface area contributed by atoms with Gasteiger partial charge in [-0.3, -0.25) is 14.4 Å². The quantitative estimate of drug-likeness (QED) is 0.0849. The summed E-state index contributed by atoms with van der Waals surface area (Å²) in [5.41, 5.74) is 0.436. The minimum atomic E-state index is -0.762. The number of nitrogens with one attached hydrogen (secondary N) is 4. The predicted molar refractivity (Wildman–Crippen MR) is 156 cm³/mol. The molecule has 2 unspecified atom stereocenters. The second kappa shape index (κ2) is 17.8. The molecule has 1 rings (SSSR count). The average Bonchev–Trinajstić information content (AvgIpc) is 2.85. The summed E-state index contributed by atoms with van der Waals surface area (Å²) >= 11 is 4.27. The molecule has 0 saturated carbocycles. The Labute approximate surface area is 234 Å². The molecule has 0 fully saturated rings. The summed E-state index contributed by atoms with van der Waals surface area (Å²) < 4.78 is 11.1. The number of unbranched alkanes of at least 4 members (excludes halogenated alkanes) is 1. The topological polar surface area (TPSA) is 138 Å². The fourth-order valence-electron chi connectivity index (χ4n) is 3.34. The van der Waals surface area contributed by atoms with Gasteiger partial charge in [-0.25, -0.2) is 0 Å². The second-order valence-electron chi connectivity index (χ2n) is 10.4. The van der Waals surface area contributed by atoms with Crippen LogP contribution in [-0.4, -0.2) is 72.1 Å². The highest BCUT2D eigenvalue weighted by atomic mass is 32.1. The summed E-state index contributed by atoms with van der Waals surface area (Å²) in [7, 11) is 2.43. The van der Waals surface area contributed by atoms with E-state index in [2.05, 4.69) is 43.1 Å². The van der Waals surface area contributed by atoms with Gasteiger partial charge in [-0.15, -0.1) is 0 Å². The second-order valence-corrected chi connectivity index (χ2v) is 11.1. The van der Waals surface area contributed by atoms with Gasteiger partial charge >= 0.3 is 0 Å². The lowest BCUT2D eigenvalue weighted by Crippen LogP contribution is -2.47. The zero-order valence-electron chi connectivity index (χ0n) is 23.0. The van der Waals surface area contributed by atoms with Crippen molar-refractivity contribution in [3.63, 3.8) is 0 Å². The van der Waals surface area contributed by atoms with E-state index in [9.17, 15) is 19.5 Å². The lowest BCUT2D eigenvalue weighted by Gasteiger charge is -2.29. The van der Waals surface area contributed by atoms with E-state index in [1.54, 1.807) is 24.3 Å². The van der Waals surface area contributed by atoms with Crippen LogP contribution in [0.3, 0.4) is 0 Å². The monoisotopic (exact) mass is 572 g/mol. The summed E-state index contributed by atoms with van der Waals surface area (Å²) in [6.07, 6.45) is 2.59. The van der Waals surface area contributed by atoms with Crippen molar-refractivity contribution in [1.29, 1.82) is 0 Å². The number of aliphatic hydroxyl groups is 1. The predicted octanol–water partition coefficient (Wildman–Crippen LogP) is 2.18. The number of hydrogen-bond acceptors (Lipinski definition) is 8. The van der Waals surface area contributed by atoms with Crippen LogP contribution in [0.1, 0.15) is 58.9 Å². The molecule has 216 valence electrons. The Balaban J connectivity index is 2.53. The van der Waals surface area contributed by atoms with Gasteiger partial charge in [0.05, 0.1) is 12.2 Å². The number of carbonyl (C=O) groups is 3. The SMILES string of the molecule is CC(C)(CCOC(C)(C)CS)NC(=O)COCC(=O)NC(CCCCNP)C(=O)Nc1ccc(CO)cc1. The zero-order valence-corrected chi connectivity index (χ0v) is 25.0. The Morgan fingerprint density at radius 2 is 1.71 bits per heavy atom. The van der Waals surface area contributed by atoms with Crippen LogP contribution in [0, 0.1) is 0 Å². The number of aliphatic hydroxyl groups excluding tert-OH is 1. The van der Waals surface area contributed by atoms with Crippen LogP contribution >= 0.6 is 22.0 Å². The van der Waals surface area contributed by atoms with Crippen molar-refractivity contribution < 1.29 is 29.0 Å². The molecule has 0 spiro atoms. The number of amides is 3. The van der Waals surface area contributed by atoms with Crippen molar-refractivity contribution in [2.45, 2.75) is 77.2 Å². The molecule has 2 atom stereocenters. The van der Waals surface area contributed by atoms with Crippen LogP contribution < -0.4 is 21.0 Å². The third kappa shape index (κ3) is 15.0. The van der Waals surface area contributed by atoms with Gasteiger partial charge in [0.25, 0.3) is 0 Å². The van der Waals surface area contributed by atoms with Gasteiger partial charge in [0, 0.05) is 23.6 Å². The molecular weight excluding hydrogens is 527 g/mol. The van der Waals surface area contributed by atoms with E-state index < -0.39 is 17.5 Å². The molecule has 12 heteroatoms. The maximum absolute atomic E-state index is 12.9. The molecule has 0 aliphatic carbocycles. The van der Waals surface area contributed by atoms with Crippen LogP contribution in [0.2, 0.25) is 0 Å². The highest BCUT2D eigenvalue weighted by Crippen LogP contribution is 2.15. The molecule has 0 radical (unpaired) electrons. The molecule has 0 bridgehead atoms.